The maximum atomic E-state index is 13.6. The summed E-state index contributed by atoms with van der Waals surface area (Å²) in [5.74, 6) is -2.10. The lowest BCUT2D eigenvalue weighted by Crippen LogP contribution is -1.94. The fourth-order valence-electron chi connectivity index (χ4n) is 1.61. The highest BCUT2D eigenvalue weighted by Gasteiger charge is 2.19. The molecule has 1 aromatic carbocycles. The van der Waals surface area contributed by atoms with Crippen LogP contribution in [0.2, 0.25) is 0 Å². The number of rotatable bonds is 2. The van der Waals surface area contributed by atoms with Crippen molar-refractivity contribution < 1.29 is 18.7 Å². The Kier molecular flexibility index (Phi) is 2.63. The van der Waals surface area contributed by atoms with E-state index in [-0.39, 0.29) is 17.1 Å². The predicted octanol–water partition coefficient (Wildman–Crippen LogP) is 1.80. The van der Waals surface area contributed by atoms with Crippen molar-refractivity contribution >= 4 is 0 Å². The van der Waals surface area contributed by atoms with Crippen molar-refractivity contribution in [2.75, 3.05) is 7.11 Å². The average Bonchev–Trinajstić information content (AvgIpc) is 2.56. The van der Waals surface area contributed by atoms with Crippen LogP contribution >= 0.6 is 0 Å². The van der Waals surface area contributed by atoms with Crippen molar-refractivity contribution in [3.63, 3.8) is 0 Å². The number of aromatic hydroxyl groups is 1. The van der Waals surface area contributed by atoms with Gasteiger partial charge in [0.15, 0.2) is 11.6 Å². The van der Waals surface area contributed by atoms with E-state index >= 15 is 0 Å². The first-order valence-corrected chi connectivity index (χ1v) is 4.79. The minimum absolute atomic E-state index is 0.0892. The molecule has 2 aromatic rings. The number of H-pyrrole nitrogens is 1. The predicted molar refractivity (Wildman–Crippen MR) is 57.7 cm³/mol. The Balaban J connectivity index is 2.74. The lowest BCUT2D eigenvalue weighted by molar-refractivity contribution is 0.385. The van der Waals surface area contributed by atoms with E-state index in [9.17, 15) is 14.3 Å². The second kappa shape index (κ2) is 3.97. The van der Waals surface area contributed by atoms with Crippen LogP contribution in [0, 0.1) is 12.7 Å². The molecule has 0 aliphatic rings. The Labute approximate surface area is 95.5 Å². The molecule has 17 heavy (non-hydrogen) atoms. The fraction of sp³-hybridized carbons (Fsp3) is 0.182. The van der Waals surface area contributed by atoms with Crippen LogP contribution in [0.3, 0.4) is 0 Å². The maximum absolute atomic E-state index is 13.6. The van der Waals surface area contributed by atoms with Crippen LogP contribution < -0.4 is 10.5 Å². The molecule has 0 saturated carbocycles. The largest absolute Gasteiger partial charge is 0.493 e. The van der Waals surface area contributed by atoms with Gasteiger partial charge in [-0.1, -0.05) is 0 Å². The van der Waals surface area contributed by atoms with Crippen LogP contribution in [0.5, 0.6) is 11.6 Å². The highest BCUT2D eigenvalue weighted by atomic mass is 19.1. The lowest BCUT2D eigenvalue weighted by Gasteiger charge is -2.08. The van der Waals surface area contributed by atoms with Crippen molar-refractivity contribution in [1.82, 2.24) is 4.98 Å². The van der Waals surface area contributed by atoms with E-state index in [0.717, 1.165) is 0 Å². The van der Waals surface area contributed by atoms with Gasteiger partial charge in [0, 0.05) is 0 Å². The first-order valence-electron chi connectivity index (χ1n) is 4.79. The fourth-order valence-corrected chi connectivity index (χ4v) is 1.61. The molecule has 5 nitrogen and oxygen atoms in total. The van der Waals surface area contributed by atoms with Crippen molar-refractivity contribution in [3.8, 4) is 23.0 Å². The van der Waals surface area contributed by atoms with E-state index in [1.54, 1.807) is 13.0 Å². The van der Waals surface area contributed by atoms with Crippen LogP contribution in [0.25, 0.3) is 11.3 Å². The maximum Gasteiger partial charge on any atom is 0.419 e. The topological polar surface area (TPSA) is 75.5 Å². The number of aromatic amines is 1. The number of aryl methyl sites for hydroxylation is 1. The molecule has 0 aliphatic heterocycles. The molecular formula is C11H10FNO4. The number of oxazole rings is 1. The van der Waals surface area contributed by atoms with Crippen molar-refractivity contribution in [1.29, 1.82) is 0 Å². The molecule has 6 heteroatoms. The Morgan fingerprint density at radius 2 is 2.18 bits per heavy atom. The van der Waals surface area contributed by atoms with Crippen LogP contribution in [-0.2, 0) is 0 Å². The van der Waals surface area contributed by atoms with E-state index < -0.39 is 17.5 Å². The molecule has 1 heterocycles. The van der Waals surface area contributed by atoms with Gasteiger partial charge < -0.3 is 14.3 Å². The van der Waals surface area contributed by atoms with Gasteiger partial charge in [0.2, 0.25) is 11.6 Å². The second-order valence-corrected chi connectivity index (χ2v) is 3.52. The Morgan fingerprint density at radius 1 is 1.47 bits per heavy atom. The van der Waals surface area contributed by atoms with Crippen molar-refractivity contribution in [3.05, 3.63) is 34.1 Å². The third-order valence-electron chi connectivity index (χ3n) is 2.27. The molecule has 0 amide bonds. The number of hydrogen-bond donors (Lipinski definition) is 2. The normalized spacial score (nSPS) is 10.5. The smallest absolute Gasteiger partial charge is 0.419 e. The molecule has 0 saturated heterocycles. The van der Waals surface area contributed by atoms with Gasteiger partial charge in [-0.3, -0.25) is 4.98 Å². The highest BCUT2D eigenvalue weighted by Crippen LogP contribution is 2.36. The molecule has 0 bridgehead atoms. The first-order chi connectivity index (χ1) is 8.02. The quantitative estimate of drug-likeness (QED) is 0.837. The summed E-state index contributed by atoms with van der Waals surface area (Å²) in [6.45, 7) is 1.67. The number of methoxy groups -OCH3 is 1. The number of nitrogens with one attached hydrogen (secondary N) is 1. The summed E-state index contributed by atoms with van der Waals surface area (Å²) in [6, 6.07) is 2.83. The van der Waals surface area contributed by atoms with Gasteiger partial charge in [-0.05, 0) is 24.6 Å². The van der Waals surface area contributed by atoms with Gasteiger partial charge in [0.25, 0.3) is 0 Å². The SMILES string of the molecule is COc1c(F)cc(C)cc1-c1oc(=O)[nH]c1O. The Bertz CT molecular complexity index is 614. The molecule has 1 aromatic heterocycles. The molecule has 2 rings (SSSR count). The Hall–Kier alpha value is -2.24. The van der Waals surface area contributed by atoms with Gasteiger partial charge in [0.1, 0.15) is 0 Å². The molecular weight excluding hydrogens is 229 g/mol. The summed E-state index contributed by atoms with van der Waals surface area (Å²) in [5, 5.41) is 9.46. The summed E-state index contributed by atoms with van der Waals surface area (Å²) in [7, 11) is 1.29. The average molecular weight is 239 g/mol. The second-order valence-electron chi connectivity index (χ2n) is 3.52. The van der Waals surface area contributed by atoms with E-state index in [1.807, 2.05) is 0 Å². The molecule has 0 spiro atoms. The molecule has 0 fully saturated rings. The minimum Gasteiger partial charge on any atom is -0.493 e. The van der Waals surface area contributed by atoms with Crippen LogP contribution in [0.15, 0.2) is 21.3 Å². The summed E-state index contributed by atoms with van der Waals surface area (Å²) in [4.78, 5) is 13.0. The van der Waals surface area contributed by atoms with Gasteiger partial charge in [-0.15, -0.1) is 0 Å². The highest BCUT2D eigenvalue weighted by molar-refractivity contribution is 5.70. The van der Waals surface area contributed by atoms with Gasteiger partial charge in [-0.2, -0.15) is 0 Å². The van der Waals surface area contributed by atoms with Crippen LogP contribution in [0.1, 0.15) is 5.56 Å². The molecule has 0 atom stereocenters. The number of ether oxygens (including phenoxy) is 1. The van der Waals surface area contributed by atoms with E-state index in [4.69, 9.17) is 9.15 Å². The third-order valence-corrected chi connectivity index (χ3v) is 2.27. The zero-order chi connectivity index (χ0) is 12.6. The molecule has 2 N–H and O–H groups in total. The van der Waals surface area contributed by atoms with Gasteiger partial charge in [0.05, 0.1) is 12.7 Å². The van der Waals surface area contributed by atoms with Gasteiger partial charge >= 0.3 is 5.76 Å². The zero-order valence-corrected chi connectivity index (χ0v) is 9.20. The first kappa shape index (κ1) is 11.3. The number of hydrogen-bond acceptors (Lipinski definition) is 4. The summed E-state index contributed by atoms with van der Waals surface area (Å²) < 4.78 is 23.2. The van der Waals surface area contributed by atoms with E-state index in [0.29, 0.717) is 5.56 Å². The number of benzene rings is 1. The zero-order valence-electron chi connectivity index (χ0n) is 9.20. The number of aromatic nitrogens is 1. The van der Waals surface area contributed by atoms with Crippen LogP contribution in [-0.4, -0.2) is 17.2 Å². The summed E-state index contributed by atoms with van der Waals surface area (Å²) >= 11 is 0. The Morgan fingerprint density at radius 3 is 2.71 bits per heavy atom. The minimum atomic E-state index is -0.818. The molecule has 0 radical (unpaired) electrons. The lowest BCUT2D eigenvalue weighted by atomic mass is 10.1. The van der Waals surface area contributed by atoms with E-state index in [1.165, 1.54) is 13.2 Å². The third kappa shape index (κ3) is 1.89. The van der Waals surface area contributed by atoms with Crippen molar-refractivity contribution in [2.45, 2.75) is 6.92 Å². The molecule has 0 unspecified atom stereocenters. The van der Waals surface area contributed by atoms with Crippen molar-refractivity contribution in [2.24, 2.45) is 0 Å². The van der Waals surface area contributed by atoms with Gasteiger partial charge in [-0.25, -0.2) is 9.18 Å². The van der Waals surface area contributed by atoms with Crippen LogP contribution in [0.4, 0.5) is 4.39 Å². The molecule has 0 aliphatic carbocycles. The standard InChI is InChI=1S/C11H10FNO4/c1-5-3-6(8(16-2)7(12)4-5)9-10(14)13-11(15)17-9/h3-4,14H,1-2H3,(H,13,15). The summed E-state index contributed by atoms with van der Waals surface area (Å²) in [5.41, 5.74) is 0.794. The summed E-state index contributed by atoms with van der Waals surface area (Å²) in [6.07, 6.45) is 0. The molecule has 90 valence electrons. The number of halogens is 1. The monoisotopic (exact) mass is 239 g/mol. The van der Waals surface area contributed by atoms with E-state index in [2.05, 4.69) is 4.98 Å².